The predicted octanol–water partition coefficient (Wildman–Crippen LogP) is 4.33. The Morgan fingerprint density at radius 2 is 1.72 bits per heavy atom. The summed E-state index contributed by atoms with van der Waals surface area (Å²) < 4.78 is 0. The molecule has 0 unspecified atom stereocenters. The van der Waals surface area contributed by atoms with Gasteiger partial charge in [-0.15, -0.1) is 0 Å². The minimum Gasteiger partial charge on any atom is -0.350 e. The molecule has 3 heteroatoms. The number of hydrogen-bond donors (Lipinski definition) is 1. The fourth-order valence-corrected chi connectivity index (χ4v) is 2.88. The van der Waals surface area contributed by atoms with E-state index in [1.807, 2.05) is 45.3 Å². The van der Waals surface area contributed by atoms with Gasteiger partial charge in [0.05, 0.1) is 6.04 Å². The van der Waals surface area contributed by atoms with Crippen LogP contribution in [-0.4, -0.2) is 31.4 Å². The number of nitrogens with zero attached hydrogens (tertiary/aromatic N) is 1. The van der Waals surface area contributed by atoms with Gasteiger partial charge in [-0.3, -0.25) is 4.79 Å². The molecule has 0 saturated heterocycles. The molecule has 134 valence electrons. The third-order valence-electron chi connectivity index (χ3n) is 4.52. The van der Waals surface area contributed by atoms with Gasteiger partial charge < -0.3 is 10.2 Å². The largest absolute Gasteiger partial charge is 0.350 e. The van der Waals surface area contributed by atoms with Crippen molar-refractivity contribution in [2.24, 2.45) is 0 Å². The van der Waals surface area contributed by atoms with E-state index in [9.17, 15) is 4.79 Å². The van der Waals surface area contributed by atoms with Crippen LogP contribution in [-0.2, 0) is 5.41 Å². The van der Waals surface area contributed by atoms with Crippen molar-refractivity contribution in [1.29, 1.82) is 0 Å². The number of hydrogen-bond acceptors (Lipinski definition) is 2. The molecule has 0 aromatic heterocycles. The van der Waals surface area contributed by atoms with Crippen molar-refractivity contribution >= 4 is 5.91 Å². The van der Waals surface area contributed by atoms with Crippen LogP contribution < -0.4 is 5.32 Å². The van der Waals surface area contributed by atoms with Crippen LogP contribution in [0.5, 0.6) is 0 Å². The van der Waals surface area contributed by atoms with Crippen molar-refractivity contribution in [2.45, 2.75) is 39.2 Å². The number of likely N-dealkylation sites (N-methyl/N-ethyl adjacent to an activating group) is 1. The van der Waals surface area contributed by atoms with Crippen LogP contribution in [0.4, 0.5) is 0 Å². The second-order valence-electron chi connectivity index (χ2n) is 7.93. The van der Waals surface area contributed by atoms with Gasteiger partial charge in [-0.25, -0.2) is 0 Å². The smallest absolute Gasteiger partial charge is 0.251 e. The third-order valence-corrected chi connectivity index (χ3v) is 4.52. The van der Waals surface area contributed by atoms with Gasteiger partial charge in [-0.1, -0.05) is 62.7 Å². The number of amides is 1. The van der Waals surface area contributed by atoms with Crippen molar-refractivity contribution in [3.63, 3.8) is 0 Å². The molecular formula is C22H30N2O. The second-order valence-corrected chi connectivity index (χ2v) is 7.93. The van der Waals surface area contributed by atoms with Gasteiger partial charge >= 0.3 is 0 Å². The van der Waals surface area contributed by atoms with E-state index in [1.54, 1.807) is 0 Å². The summed E-state index contributed by atoms with van der Waals surface area (Å²) in [6, 6.07) is 16.5. The van der Waals surface area contributed by atoms with Crippen LogP contribution in [0, 0.1) is 6.92 Å². The normalized spacial score (nSPS) is 12.9. The van der Waals surface area contributed by atoms with Crippen LogP contribution in [0.15, 0.2) is 48.5 Å². The molecule has 0 aliphatic heterocycles. The van der Waals surface area contributed by atoms with Crippen LogP contribution in [0.25, 0.3) is 0 Å². The molecule has 2 aromatic rings. The lowest BCUT2D eigenvalue weighted by molar-refractivity contribution is 0.0942. The van der Waals surface area contributed by atoms with E-state index >= 15 is 0 Å². The van der Waals surface area contributed by atoms with Crippen LogP contribution >= 0.6 is 0 Å². The molecule has 3 nitrogen and oxygen atoms in total. The van der Waals surface area contributed by atoms with Crippen molar-refractivity contribution in [3.8, 4) is 0 Å². The molecular weight excluding hydrogens is 308 g/mol. The Hall–Kier alpha value is -2.13. The van der Waals surface area contributed by atoms with Gasteiger partial charge in [-0.2, -0.15) is 0 Å². The first-order chi connectivity index (χ1) is 11.7. The summed E-state index contributed by atoms with van der Waals surface area (Å²) in [6.07, 6.45) is 0. The highest BCUT2D eigenvalue weighted by atomic mass is 16.1. The molecule has 1 atom stereocenters. The first-order valence-corrected chi connectivity index (χ1v) is 8.80. The SMILES string of the molecule is Cc1cccc(C(=O)NC[C@@H](c2ccc(C(C)(C)C)cc2)N(C)C)c1. The Balaban J connectivity index is 2.10. The molecule has 1 N–H and O–H groups in total. The number of carbonyl (C=O) groups is 1. The first-order valence-electron chi connectivity index (χ1n) is 8.80. The molecule has 0 aliphatic carbocycles. The van der Waals surface area contributed by atoms with E-state index in [0.717, 1.165) is 5.56 Å². The summed E-state index contributed by atoms with van der Waals surface area (Å²) in [7, 11) is 4.09. The quantitative estimate of drug-likeness (QED) is 0.880. The molecule has 0 radical (unpaired) electrons. The maximum absolute atomic E-state index is 12.4. The number of aryl methyl sites for hydroxylation is 1. The van der Waals surface area contributed by atoms with Crippen molar-refractivity contribution < 1.29 is 4.79 Å². The van der Waals surface area contributed by atoms with E-state index in [2.05, 4.69) is 55.3 Å². The summed E-state index contributed by atoms with van der Waals surface area (Å²) in [4.78, 5) is 14.6. The molecule has 0 spiro atoms. The van der Waals surface area contributed by atoms with Gasteiger partial charge in [0.25, 0.3) is 5.91 Å². The molecule has 0 saturated carbocycles. The summed E-state index contributed by atoms with van der Waals surface area (Å²) in [5.74, 6) is -0.0261. The highest BCUT2D eigenvalue weighted by Crippen LogP contribution is 2.25. The minimum absolute atomic E-state index is 0.0261. The highest BCUT2D eigenvalue weighted by molar-refractivity contribution is 5.94. The van der Waals surface area contributed by atoms with Crippen LogP contribution in [0.3, 0.4) is 0 Å². The molecule has 0 aliphatic rings. The Labute approximate surface area is 152 Å². The molecule has 0 heterocycles. The number of nitrogens with one attached hydrogen (secondary N) is 1. The maximum Gasteiger partial charge on any atom is 0.251 e. The Bertz CT molecular complexity index is 712. The Kier molecular flexibility index (Phi) is 6.02. The lowest BCUT2D eigenvalue weighted by Gasteiger charge is -2.26. The van der Waals surface area contributed by atoms with Gasteiger partial charge in [0, 0.05) is 12.1 Å². The zero-order chi connectivity index (χ0) is 18.6. The fourth-order valence-electron chi connectivity index (χ4n) is 2.88. The molecule has 0 bridgehead atoms. The van der Waals surface area contributed by atoms with E-state index in [4.69, 9.17) is 0 Å². The van der Waals surface area contributed by atoms with E-state index in [-0.39, 0.29) is 17.4 Å². The molecule has 0 fully saturated rings. The van der Waals surface area contributed by atoms with Gasteiger partial charge in [0.1, 0.15) is 0 Å². The van der Waals surface area contributed by atoms with E-state index in [0.29, 0.717) is 12.1 Å². The predicted molar refractivity (Wildman–Crippen MR) is 105 cm³/mol. The molecule has 2 rings (SSSR count). The average Bonchev–Trinajstić information content (AvgIpc) is 2.54. The summed E-state index contributed by atoms with van der Waals surface area (Å²) in [6.45, 7) is 9.22. The number of carbonyl (C=O) groups excluding carboxylic acids is 1. The average molecular weight is 338 g/mol. The fraction of sp³-hybridized carbons (Fsp3) is 0.409. The summed E-state index contributed by atoms with van der Waals surface area (Å²) in [5.41, 5.74) is 4.47. The topological polar surface area (TPSA) is 32.3 Å². The van der Waals surface area contributed by atoms with Crippen molar-refractivity contribution in [1.82, 2.24) is 10.2 Å². The lowest BCUT2D eigenvalue weighted by Crippen LogP contribution is -2.34. The third kappa shape index (κ3) is 5.17. The van der Waals surface area contributed by atoms with Crippen LogP contribution in [0.1, 0.15) is 53.9 Å². The minimum atomic E-state index is -0.0261. The highest BCUT2D eigenvalue weighted by Gasteiger charge is 2.18. The zero-order valence-corrected chi connectivity index (χ0v) is 16.3. The monoisotopic (exact) mass is 338 g/mol. The Morgan fingerprint density at radius 1 is 1.08 bits per heavy atom. The van der Waals surface area contributed by atoms with Gasteiger partial charge in [-0.05, 0) is 49.7 Å². The first kappa shape index (κ1) is 19.2. The molecule has 25 heavy (non-hydrogen) atoms. The summed E-state index contributed by atoms with van der Waals surface area (Å²) in [5, 5.41) is 3.07. The lowest BCUT2D eigenvalue weighted by atomic mass is 9.86. The maximum atomic E-state index is 12.4. The summed E-state index contributed by atoms with van der Waals surface area (Å²) >= 11 is 0. The second kappa shape index (κ2) is 7.83. The van der Waals surface area contributed by atoms with Crippen molar-refractivity contribution in [3.05, 3.63) is 70.8 Å². The number of rotatable bonds is 5. The number of benzene rings is 2. The van der Waals surface area contributed by atoms with Crippen LogP contribution in [0.2, 0.25) is 0 Å². The van der Waals surface area contributed by atoms with Crippen molar-refractivity contribution in [2.75, 3.05) is 20.6 Å². The standard InChI is InChI=1S/C22H30N2O/c1-16-8-7-9-18(14-16)21(25)23-15-20(24(5)6)17-10-12-19(13-11-17)22(2,3)4/h7-14,20H,15H2,1-6H3,(H,23,25)/t20-/m0/s1. The molecule has 1 amide bonds. The van der Waals surface area contributed by atoms with Gasteiger partial charge in [0.2, 0.25) is 0 Å². The van der Waals surface area contributed by atoms with Gasteiger partial charge in [0.15, 0.2) is 0 Å². The van der Waals surface area contributed by atoms with E-state index in [1.165, 1.54) is 11.1 Å². The zero-order valence-electron chi connectivity index (χ0n) is 16.3. The molecule has 2 aromatic carbocycles. The van der Waals surface area contributed by atoms with E-state index < -0.39 is 0 Å². The Morgan fingerprint density at radius 3 is 2.24 bits per heavy atom.